The Bertz CT molecular complexity index is 1390. The molecule has 0 bridgehead atoms. The number of aliphatic carboxylic acids is 2. The van der Waals surface area contributed by atoms with E-state index in [1.807, 2.05) is 0 Å². The number of hydrogen-bond donors (Lipinski definition) is 3. The number of thiocarbonyl (C=S) groups is 1. The van der Waals surface area contributed by atoms with Crippen molar-refractivity contribution in [2.45, 2.75) is 29.3 Å². The largest absolute Gasteiger partial charge is 0.548 e. The minimum Gasteiger partial charge on any atom is -0.548 e. The molecule has 0 radical (unpaired) electrons. The number of β-lactam (4-membered cyclic amide) rings is 1. The normalized spacial score (nSPS) is 18.1. The third kappa shape index (κ3) is 7.43. The quantitative estimate of drug-likeness (QED) is 0.103. The summed E-state index contributed by atoms with van der Waals surface area (Å²) in [5.74, 6) is -2.62. The number of fused-ring (bicyclic) bond motifs is 1. The molecule has 40 heavy (non-hydrogen) atoms. The number of nitrogens with zero attached hydrogens (tertiary/aromatic N) is 3. The number of carbonyl (C=O) groups is 4. The van der Waals surface area contributed by atoms with Crippen LogP contribution in [0.5, 0.6) is 0 Å². The topological polar surface area (TPSA) is 156 Å². The van der Waals surface area contributed by atoms with Crippen LogP contribution < -0.4 is 20.3 Å². The Morgan fingerprint density at radius 1 is 1.25 bits per heavy atom. The van der Waals surface area contributed by atoms with Crippen molar-refractivity contribution in [1.29, 1.82) is 0 Å². The molecule has 0 saturated carbocycles. The minimum atomic E-state index is -1.37. The lowest BCUT2D eigenvalue weighted by molar-refractivity contribution is -0.684. The highest BCUT2D eigenvalue weighted by Crippen LogP contribution is 2.41. The van der Waals surface area contributed by atoms with Crippen LogP contribution in [0.1, 0.15) is 5.56 Å². The first-order valence-corrected chi connectivity index (χ1v) is 14.8. The van der Waals surface area contributed by atoms with E-state index in [9.17, 15) is 29.4 Å². The van der Waals surface area contributed by atoms with Gasteiger partial charge in [0.15, 0.2) is 12.4 Å². The van der Waals surface area contributed by atoms with E-state index < -0.39 is 35.8 Å². The predicted octanol–water partition coefficient (Wildman–Crippen LogP) is 0.416. The molecule has 0 spiro atoms. The van der Waals surface area contributed by atoms with Crippen molar-refractivity contribution < 1.29 is 34.0 Å². The van der Waals surface area contributed by atoms with Crippen LogP contribution >= 0.6 is 58.9 Å². The zero-order chi connectivity index (χ0) is 29.0. The molecular weight excluding hydrogens is 621 g/mol. The van der Waals surface area contributed by atoms with Crippen LogP contribution in [0.3, 0.4) is 0 Å². The second-order valence-electron chi connectivity index (χ2n) is 8.65. The van der Waals surface area contributed by atoms with Crippen LogP contribution in [0.2, 0.25) is 10.3 Å². The molecular formula is C24H21Cl2N5O6S3. The number of carboxylic acids is 2. The highest BCUT2D eigenvalue weighted by molar-refractivity contribution is 8.01. The molecule has 2 aromatic rings. The summed E-state index contributed by atoms with van der Waals surface area (Å²) < 4.78 is 1.58. The van der Waals surface area contributed by atoms with Gasteiger partial charge in [0.25, 0.3) is 11.8 Å². The Balaban J connectivity index is 1.35. The van der Waals surface area contributed by atoms with Gasteiger partial charge in [-0.2, -0.15) is 4.57 Å². The average molecular weight is 643 g/mol. The fourth-order valence-electron chi connectivity index (χ4n) is 4.03. The molecule has 2 aromatic heterocycles. The summed E-state index contributed by atoms with van der Waals surface area (Å²) in [6.45, 7) is -0.628. The summed E-state index contributed by atoms with van der Waals surface area (Å²) in [6.07, 6.45) is 3.61. The van der Waals surface area contributed by atoms with Crippen molar-refractivity contribution in [2.75, 3.05) is 18.1 Å². The third-order valence-electron chi connectivity index (χ3n) is 5.78. The Morgan fingerprint density at radius 2 is 1.93 bits per heavy atom. The molecule has 4 heterocycles. The number of hydrogen-bond acceptors (Lipinski definition) is 9. The van der Waals surface area contributed by atoms with E-state index in [4.69, 9.17) is 35.4 Å². The monoisotopic (exact) mass is 641 g/mol. The van der Waals surface area contributed by atoms with Crippen molar-refractivity contribution in [2.24, 2.45) is 0 Å². The van der Waals surface area contributed by atoms with Crippen molar-refractivity contribution in [3.8, 4) is 0 Å². The van der Waals surface area contributed by atoms with Crippen LogP contribution in [-0.2, 0) is 32.1 Å². The van der Waals surface area contributed by atoms with Crippen LogP contribution in [0.4, 0.5) is 0 Å². The molecule has 2 atom stereocenters. The van der Waals surface area contributed by atoms with E-state index >= 15 is 0 Å². The fourth-order valence-corrected chi connectivity index (χ4v) is 7.20. The van der Waals surface area contributed by atoms with Crippen LogP contribution in [0.15, 0.2) is 52.8 Å². The van der Waals surface area contributed by atoms with Gasteiger partial charge in [-0.05, 0) is 23.3 Å². The van der Waals surface area contributed by atoms with Crippen LogP contribution in [0, 0.1) is 0 Å². The smallest absolute Gasteiger partial charge is 0.352 e. The standard InChI is InChI=1S/C24H21Cl2N5O6S3/c25-15-5-12(6-16(26)28-15)7-18(38)29-20-22(35)31-21(24(36)37)13(11-40-23(20)31)10-39-14-1-3-30(4-2-14)9-17(32)27-8-19(33)34/h1-6,20,23H,7-11H2,(H3-,27,29,32,33,34,36,37,38)/t20-,23-/m1/s1. The lowest BCUT2D eigenvalue weighted by Gasteiger charge is -2.49. The molecule has 11 nitrogen and oxygen atoms in total. The molecule has 16 heteroatoms. The molecule has 210 valence electrons. The fraction of sp³-hybridized carbons (Fsp3) is 0.292. The number of thioether (sulfide) groups is 2. The van der Waals surface area contributed by atoms with Gasteiger partial charge in [-0.15, -0.1) is 23.5 Å². The van der Waals surface area contributed by atoms with Crippen molar-refractivity contribution in [3.63, 3.8) is 0 Å². The highest BCUT2D eigenvalue weighted by Gasteiger charge is 2.53. The second kappa shape index (κ2) is 13.2. The molecule has 2 aliphatic rings. The summed E-state index contributed by atoms with van der Waals surface area (Å²) >= 11 is 20.2. The maximum absolute atomic E-state index is 13.0. The lowest BCUT2D eigenvalue weighted by atomic mass is 10.0. The summed E-state index contributed by atoms with van der Waals surface area (Å²) in [6, 6.07) is 6.13. The molecule has 2 amide bonds. The van der Waals surface area contributed by atoms with E-state index in [0.717, 1.165) is 10.5 Å². The molecule has 0 aromatic carbocycles. The predicted molar refractivity (Wildman–Crippen MR) is 151 cm³/mol. The maximum atomic E-state index is 13.0. The summed E-state index contributed by atoms with van der Waals surface area (Å²) in [4.78, 5) is 53.8. The van der Waals surface area contributed by atoms with Crippen LogP contribution in [-0.4, -0.2) is 73.2 Å². The number of rotatable bonds is 11. The average Bonchev–Trinajstić information content (AvgIpc) is 2.89. The number of halogens is 2. The van der Waals surface area contributed by atoms with Gasteiger partial charge < -0.3 is 25.6 Å². The summed E-state index contributed by atoms with van der Waals surface area (Å²) in [7, 11) is 0. The van der Waals surface area contributed by atoms with Gasteiger partial charge in [0.1, 0.15) is 27.4 Å². The first kappa shape index (κ1) is 30.1. The Morgan fingerprint density at radius 3 is 2.55 bits per heavy atom. The van der Waals surface area contributed by atoms with E-state index in [2.05, 4.69) is 15.6 Å². The molecule has 0 aliphatic carbocycles. The number of amides is 2. The lowest BCUT2D eigenvalue weighted by Crippen LogP contribution is -2.70. The van der Waals surface area contributed by atoms with E-state index in [0.29, 0.717) is 28.5 Å². The molecule has 4 rings (SSSR count). The van der Waals surface area contributed by atoms with Crippen molar-refractivity contribution in [3.05, 3.63) is 63.8 Å². The summed E-state index contributed by atoms with van der Waals surface area (Å²) in [5.41, 5.74) is 1.33. The van der Waals surface area contributed by atoms with Gasteiger partial charge in [0.2, 0.25) is 6.54 Å². The molecule has 2 aliphatic heterocycles. The number of carboxylic acid groups (broad SMARTS) is 2. The molecule has 1 saturated heterocycles. The van der Waals surface area contributed by atoms with Crippen molar-refractivity contribution in [1.82, 2.24) is 20.5 Å². The number of nitrogens with one attached hydrogen (secondary N) is 2. The first-order chi connectivity index (χ1) is 19.0. The summed E-state index contributed by atoms with van der Waals surface area (Å²) in [5, 5.41) is 25.7. The van der Waals surface area contributed by atoms with E-state index in [1.54, 1.807) is 41.2 Å². The first-order valence-electron chi connectivity index (χ1n) is 11.6. The van der Waals surface area contributed by atoms with Gasteiger partial charge in [0.05, 0.1) is 17.5 Å². The molecule has 1 fully saturated rings. The van der Waals surface area contributed by atoms with Gasteiger partial charge >= 0.3 is 5.97 Å². The molecule has 0 unspecified atom stereocenters. The zero-order valence-corrected chi connectivity index (χ0v) is 24.4. The second-order valence-corrected chi connectivity index (χ2v) is 12.1. The maximum Gasteiger partial charge on any atom is 0.352 e. The Kier molecular flexibility index (Phi) is 9.90. The third-order valence-corrected chi connectivity index (χ3v) is 8.87. The van der Waals surface area contributed by atoms with Gasteiger partial charge in [-0.1, -0.05) is 35.4 Å². The van der Waals surface area contributed by atoms with Gasteiger partial charge in [-0.25, -0.2) is 9.78 Å². The number of aromatic nitrogens is 2. The SMILES string of the molecule is O=C([O-])CNC(=O)C[n+]1ccc(SCC2=C(C(=O)O)N3C(=O)[C@@H](NC(=S)Cc4cc(Cl)nc(Cl)c4)[C@H]3SC2)cc1. The van der Waals surface area contributed by atoms with Crippen LogP contribution in [0.25, 0.3) is 0 Å². The van der Waals surface area contributed by atoms with Gasteiger partial charge in [-0.3, -0.25) is 14.5 Å². The van der Waals surface area contributed by atoms with Crippen molar-refractivity contribution >= 4 is 87.7 Å². The number of carbonyl (C=O) groups excluding carboxylic acids is 3. The van der Waals surface area contributed by atoms with Gasteiger partial charge in [0, 0.05) is 35.0 Å². The van der Waals surface area contributed by atoms with E-state index in [1.165, 1.54) is 28.4 Å². The highest BCUT2D eigenvalue weighted by atomic mass is 35.5. The minimum absolute atomic E-state index is 0.0199. The van der Waals surface area contributed by atoms with E-state index in [-0.39, 0.29) is 28.5 Å². The Labute approximate surface area is 252 Å². The Hall–Kier alpha value is -2.91. The molecule has 3 N–H and O–H groups in total. The number of pyridine rings is 2. The zero-order valence-electron chi connectivity index (χ0n) is 20.5.